The number of allylic oxidation sites excluding steroid dienone is 1. The van der Waals surface area contributed by atoms with E-state index in [0.29, 0.717) is 0 Å². The van der Waals surface area contributed by atoms with Crippen LogP contribution < -0.4 is 0 Å². The van der Waals surface area contributed by atoms with Crippen LogP contribution in [0.25, 0.3) is 0 Å². The number of hydrogen-bond acceptors (Lipinski definition) is 2. The van der Waals surface area contributed by atoms with Gasteiger partial charge in [0.25, 0.3) is 0 Å². The number of aliphatic hydroxyl groups excluding tert-OH is 2. The molecule has 0 heterocycles. The molecule has 1 aliphatic carbocycles. The maximum atomic E-state index is 9.30. The Morgan fingerprint density at radius 1 is 1.70 bits per heavy atom. The van der Waals surface area contributed by atoms with Crippen LogP contribution in [0, 0.1) is 5.41 Å². The van der Waals surface area contributed by atoms with Crippen LogP contribution in [0.3, 0.4) is 0 Å². The van der Waals surface area contributed by atoms with E-state index in [4.69, 9.17) is 5.11 Å². The van der Waals surface area contributed by atoms with E-state index in [0.717, 1.165) is 12.0 Å². The molecule has 1 aliphatic rings. The highest BCUT2D eigenvalue weighted by atomic mass is 16.3. The van der Waals surface area contributed by atoms with Crippen molar-refractivity contribution < 1.29 is 10.2 Å². The van der Waals surface area contributed by atoms with Crippen LogP contribution in [-0.4, -0.2) is 22.9 Å². The molecule has 0 aromatic rings. The average molecular weight is 142 g/mol. The van der Waals surface area contributed by atoms with Gasteiger partial charge in [0, 0.05) is 0 Å². The first-order chi connectivity index (χ1) is 4.55. The molecule has 1 atom stereocenters. The zero-order valence-electron chi connectivity index (χ0n) is 6.46. The molecule has 2 N–H and O–H groups in total. The molecule has 0 aromatic carbocycles. The molecule has 0 aliphatic heterocycles. The lowest BCUT2D eigenvalue weighted by Crippen LogP contribution is -2.11. The third-order valence-corrected chi connectivity index (χ3v) is 1.91. The molecule has 2 nitrogen and oxygen atoms in total. The third-order valence-electron chi connectivity index (χ3n) is 1.91. The van der Waals surface area contributed by atoms with Crippen molar-refractivity contribution in [1.29, 1.82) is 0 Å². The van der Waals surface area contributed by atoms with Crippen LogP contribution in [0.4, 0.5) is 0 Å². The molecular weight excluding hydrogens is 128 g/mol. The fourth-order valence-corrected chi connectivity index (χ4v) is 1.44. The largest absolute Gasteiger partial charge is 0.392 e. The van der Waals surface area contributed by atoms with Gasteiger partial charge in [0.05, 0.1) is 12.7 Å². The van der Waals surface area contributed by atoms with E-state index in [9.17, 15) is 5.11 Å². The molecule has 0 aromatic heterocycles. The van der Waals surface area contributed by atoms with Gasteiger partial charge in [0.2, 0.25) is 0 Å². The van der Waals surface area contributed by atoms with Gasteiger partial charge in [0.1, 0.15) is 0 Å². The smallest absolute Gasteiger partial charge is 0.0780 e. The minimum absolute atomic E-state index is 0.00933. The number of aliphatic hydroxyl groups is 2. The summed E-state index contributed by atoms with van der Waals surface area (Å²) in [4.78, 5) is 0. The van der Waals surface area contributed by atoms with Crippen LogP contribution in [0.5, 0.6) is 0 Å². The van der Waals surface area contributed by atoms with Crippen LogP contribution in [0.15, 0.2) is 11.6 Å². The lowest BCUT2D eigenvalue weighted by molar-refractivity contribution is 0.168. The van der Waals surface area contributed by atoms with Gasteiger partial charge in [-0.25, -0.2) is 0 Å². The second-order valence-corrected chi connectivity index (χ2v) is 3.59. The van der Waals surface area contributed by atoms with E-state index in [1.54, 1.807) is 0 Å². The Balaban J connectivity index is 2.72. The quantitative estimate of drug-likeness (QED) is 0.529. The third kappa shape index (κ3) is 1.39. The monoisotopic (exact) mass is 142 g/mol. The van der Waals surface area contributed by atoms with E-state index >= 15 is 0 Å². The van der Waals surface area contributed by atoms with Gasteiger partial charge in [-0.15, -0.1) is 0 Å². The van der Waals surface area contributed by atoms with Gasteiger partial charge in [-0.05, 0) is 17.4 Å². The van der Waals surface area contributed by atoms with Crippen molar-refractivity contribution in [3.8, 4) is 0 Å². The summed E-state index contributed by atoms with van der Waals surface area (Å²) in [6.45, 7) is 4.10. The summed E-state index contributed by atoms with van der Waals surface area (Å²) in [5.74, 6) is 0. The zero-order valence-corrected chi connectivity index (χ0v) is 6.46. The molecule has 0 saturated heterocycles. The first-order valence-corrected chi connectivity index (χ1v) is 3.56. The van der Waals surface area contributed by atoms with Crippen LogP contribution in [0.1, 0.15) is 20.3 Å². The molecule has 58 valence electrons. The van der Waals surface area contributed by atoms with Crippen molar-refractivity contribution in [1.82, 2.24) is 0 Å². The Bertz CT molecular complexity index is 159. The van der Waals surface area contributed by atoms with Gasteiger partial charge < -0.3 is 10.2 Å². The maximum absolute atomic E-state index is 9.30. The lowest BCUT2D eigenvalue weighted by Gasteiger charge is -2.13. The van der Waals surface area contributed by atoms with E-state index in [2.05, 4.69) is 13.8 Å². The van der Waals surface area contributed by atoms with Crippen LogP contribution in [0.2, 0.25) is 0 Å². The maximum Gasteiger partial charge on any atom is 0.0780 e. The Morgan fingerprint density at radius 2 is 2.30 bits per heavy atom. The zero-order chi connectivity index (χ0) is 7.78. The standard InChI is InChI=1S/C8H14O2/c1-8(2)3-6(5-9)7(10)4-8/h3,7,9-10H,4-5H2,1-2H3/t7-/m0/s1. The molecular formula is C8H14O2. The molecule has 0 spiro atoms. The van der Waals surface area contributed by atoms with Gasteiger partial charge in [-0.3, -0.25) is 0 Å². The second-order valence-electron chi connectivity index (χ2n) is 3.59. The second kappa shape index (κ2) is 2.36. The fourth-order valence-electron chi connectivity index (χ4n) is 1.44. The molecule has 1 rings (SSSR count). The van der Waals surface area contributed by atoms with Crippen molar-refractivity contribution in [2.24, 2.45) is 5.41 Å². The highest BCUT2D eigenvalue weighted by Crippen LogP contribution is 2.34. The highest BCUT2D eigenvalue weighted by molar-refractivity contribution is 5.20. The molecule has 0 fully saturated rings. The van der Waals surface area contributed by atoms with Gasteiger partial charge in [-0.1, -0.05) is 19.9 Å². The first-order valence-electron chi connectivity index (χ1n) is 3.56. The van der Waals surface area contributed by atoms with E-state index in [1.165, 1.54) is 0 Å². The molecule has 0 radical (unpaired) electrons. The Kier molecular flexibility index (Phi) is 1.84. The van der Waals surface area contributed by atoms with E-state index in [-0.39, 0.29) is 12.0 Å². The van der Waals surface area contributed by atoms with Crippen molar-refractivity contribution in [3.05, 3.63) is 11.6 Å². The summed E-state index contributed by atoms with van der Waals surface area (Å²) in [7, 11) is 0. The summed E-state index contributed by atoms with van der Waals surface area (Å²) in [5, 5.41) is 18.0. The molecule has 2 heteroatoms. The van der Waals surface area contributed by atoms with Crippen LogP contribution in [-0.2, 0) is 0 Å². The summed E-state index contributed by atoms with van der Waals surface area (Å²) in [6, 6.07) is 0. The van der Waals surface area contributed by atoms with E-state index in [1.807, 2.05) is 6.08 Å². The molecule has 10 heavy (non-hydrogen) atoms. The molecule has 0 unspecified atom stereocenters. The summed E-state index contributed by atoms with van der Waals surface area (Å²) in [6.07, 6.45) is 2.28. The molecule has 0 saturated carbocycles. The Hall–Kier alpha value is -0.340. The lowest BCUT2D eigenvalue weighted by atomic mass is 9.93. The first kappa shape index (κ1) is 7.76. The van der Waals surface area contributed by atoms with Crippen molar-refractivity contribution in [2.45, 2.75) is 26.4 Å². The SMILES string of the molecule is CC1(C)C=C(CO)[C@@H](O)C1. The van der Waals surface area contributed by atoms with E-state index < -0.39 is 6.10 Å². The Morgan fingerprint density at radius 3 is 2.50 bits per heavy atom. The summed E-state index contributed by atoms with van der Waals surface area (Å²) < 4.78 is 0. The highest BCUT2D eigenvalue weighted by Gasteiger charge is 2.29. The topological polar surface area (TPSA) is 40.5 Å². The molecule has 0 amide bonds. The van der Waals surface area contributed by atoms with Crippen molar-refractivity contribution in [2.75, 3.05) is 6.61 Å². The minimum Gasteiger partial charge on any atom is -0.392 e. The summed E-state index contributed by atoms with van der Waals surface area (Å²) in [5.41, 5.74) is 0.835. The fraction of sp³-hybridized carbons (Fsp3) is 0.750. The average Bonchev–Trinajstić information content (AvgIpc) is 2.05. The minimum atomic E-state index is -0.417. The molecule has 0 bridgehead atoms. The van der Waals surface area contributed by atoms with Gasteiger partial charge >= 0.3 is 0 Å². The number of hydrogen-bond donors (Lipinski definition) is 2. The van der Waals surface area contributed by atoms with Crippen molar-refractivity contribution in [3.63, 3.8) is 0 Å². The Labute approximate surface area is 61.2 Å². The predicted molar refractivity (Wildman–Crippen MR) is 39.6 cm³/mol. The van der Waals surface area contributed by atoms with Crippen LogP contribution >= 0.6 is 0 Å². The van der Waals surface area contributed by atoms with Gasteiger partial charge in [-0.2, -0.15) is 0 Å². The van der Waals surface area contributed by atoms with Gasteiger partial charge in [0.15, 0.2) is 0 Å². The van der Waals surface area contributed by atoms with Crippen molar-refractivity contribution >= 4 is 0 Å². The normalized spacial score (nSPS) is 30.4. The predicted octanol–water partition coefficient (Wildman–Crippen LogP) is 0.696. The number of rotatable bonds is 1. The summed E-state index contributed by atoms with van der Waals surface area (Å²) >= 11 is 0.